The fourth-order valence-electron chi connectivity index (χ4n) is 1.31. The van der Waals surface area contributed by atoms with Crippen molar-refractivity contribution in [2.75, 3.05) is 12.3 Å². The van der Waals surface area contributed by atoms with E-state index in [1.807, 2.05) is 6.92 Å². The largest absolute Gasteiger partial charge is 0.463 e. The summed E-state index contributed by atoms with van der Waals surface area (Å²) in [7, 11) is 0. The van der Waals surface area contributed by atoms with Crippen molar-refractivity contribution in [3.05, 3.63) is 28.5 Å². The summed E-state index contributed by atoms with van der Waals surface area (Å²) in [6.07, 6.45) is 0.811. The van der Waals surface area contributed by atoms with Crippen molar-refractivity contribution in [1.29, 1.82) is 0 Å². The molecule has 20 heavy (non-hydrogen) atoms. The molecule has 1 aromatic heterocycles. The van der Waals surface area contributed by atoms with Crippen LogP contribution in [-0.4, -0.2) is 21.6 Å². The van der Waals surface area contributed by atoms with Gasteiger partial charge in [-0.1, -0.05) is 6.92 Å². The standard InChI is InChI=1S/C12H12BrFN4O2/c1-2-5-19-11-16-10(15)17-12(18-11)20-9-4-3-7(14)6-8(9)13/h3-4,6H,2,5H2,1H3,(H2,15,16,17,18). The molecule has 0 saturated carbocycles. The maximum Gasteiger partial charge on any atom is 0.330 e. The predicted molar refractivity (Wildman–Crippen MR) is 74.2 cm³/mol. The topological polar surface area (TPSA) is 83.2 Å². The lowest BCUT2D eigenvalue weighted by Crippen LogP contribution is -2.05. The van der Waals surface area contributed by atoms with Gasteiger partial charge < -0.3 is 15.2 Å². The minimum absolute atomic E-state index is 0.0145. The number of nitrogens with zero attached hydrogens (tertiary/aromatic N) is 3. The molecule has 0 atom stereocenters. The highest BCUT2D eigenvalue weighted by Gasteiger charge is 2.10. The van der Waals surface area contributed by atoms with E-state index in [2.05, 4.69) is 30.9 Å². The number of ether oxygens (including phenoxy) is 2. The Kier molecular flexibility index (Phi) is 4.67. The molecule has 1 heterocycles. The van der Waals surface area contributed by atoms with E-state index >= 15 is 0 Å². The van der Waals surface area contributed by atoms with Gasteiger partial charge >= 0.3 is 12.0 Å². The van der Waals surface area contributed by atoms with E-state index in [4.69, 9.17) is 15.2 Å². The number of anilines is 1. The molecule has 0 radical (unpaired) electrons. The number of nitrogen functional groups attached to an aromatic ring is 1. The predicted octanol–water partition coefficient (Wildman–Crippen LogP) is 2.94. The van der Waals surface area contributed by atoms with Crippen molar-refractivity contribution < 1.29 is 13.9 Å². The first kappa shape index (κ1) is 14.4. The first-order valence-electron chi connectivity index (χ1n) is 5.85. The van der Waals surface area contributed by atoms with Crippen molar-refractivity contribution in [1.82, 2.24) is 15.0 Å². The lowest BCUT2D eigenvalue weighted by molar-refractivity contribution is 0.285. The van der Waals surface area contributed by atoms with Gasteiger partial charge in [0.1, 0.15) is 11.6 Å². The van der Waals surface area contributed by atoms with E-state index in [1.54, 1.807) is 0 Å². The number of rotatable bonds is 5. The van der Waals surface area contributed by atoms with Crippen LogP contribution in [0.3, 0.4) is 0 Å². The second-order valence-corrected chi connectivity index (χ2v) is 4.64. The quantitative estimate of drug-likeness (QED) is 0.899. The third-order valence-corrected chi connectivity index (χ3v) is 2.76. The molecule has 0 fully saturated rings. The molecule has 6 nitrogen and oxygen atoms in total. The minimum Gasteiger partial charge on any atom is -0.463 e. The van der Waals surface area contributed by atoms with E-state index in [1.165, 1.54) is 18.2 Å². The van der Waals surface area contributed by atoms with Gasteiger partial charge in [-0.05, 0) is 40.5 Å². The summed E-state index contributed by atoms with van der Waals surface area (Å²) in [6.45, 7) is 2.42. The van der Waals surface area contributed by atoms with Crippen molar-refractivity contribution in [2.24, 2.45) is 0 Å². The molecule has 0 aliphatic carbocycles. The zero-order chi connectivity index (χ0) is 14.5. The normalized spacial score (nSPS) is 10.3. The van der Waals surface area contributed by atoms with Gasteiger partial charge in [-0.2, -0.15) is 9.97 Å². The lowest BCUT2D eigenvalue weighted by atomic mass is 10.3. The molecule has 106 valence electrons. The van der Waals surface area contributed by atoms with Crippen molar-refractivity contribution in [3.8, 4) is 17.8 Å². The first-order chi connectivity index (χ1) is 9.58. The molecule has 0 aliphatic rings. The van der Waals surface area contributed by atoms with Crippen LogP contribution in [0.15, 0.2) is 22.7 Å². The summed E-state index contributed by atoms with van der Waals surface area (Å²) >= 11 is 3.18. The second kappa shape index (κ2) is 6.47. The molecule has 0 saturated heterocycles. The molecule has 2 rings (SSSR count). The van der Waals surface area contributed by atoms with Crippen LogP contribution in [0.5, 0.6) is 17.8 Å². The van der Waals surface area contributed by atoms with Crippen LogP contribution in [0.1, 0.15) is 13.3 Å². The highest BCUT2D eigenvalue weighted by molar-refractivity contribution is 9.10. The molecule has 0 unspecified atom stereocenters. The first-order valence-corrected chi connectivity index (χ1v) is 6.65. The third-order valence-electron chi connectivity index (χ3n) is 2.14. The summed E-state index contributed by atoms with van der Waals surface area (Å²) in [4.78, 5) is 11.6. The van der Waals surface area contributed by atoms with Gasteiger partial charge in [0, 0.05) is 0 Å². The van der Waals surface area contributed by atoms with E-state index in [-0.39, 0.29) is 23.8 Å². The maximum absolute atomic E-state index is 13.0. The SMILES string of the molecule is CCCOc1nc(N)nc(Oc2ccc(F)cc2Br)n1. The van der Waals surface area contributed by atoms with Crippen LogP contribution in [0, 0.1) is 5.82 Å². The van der Waals surface area contributed by atoms with Gasteiger partial charge in [0.25, 0.3) is 0 Å². The molecule has 2 N–H and O–H groups in total. The average Bonchev–Trinajstić information content (AvgIpc) is 2.39. The number of benzene rings is 1. The Labute approximate surface area is 123 Å². The summed E-state index contributed by atoms with van der Waals surface area (Å²) < 4.78 is 24.1. The van der Waals surface area contributed by atoms with Gasteiger partial charge in [-0.3, -0.25) is 0 Å². The molecular formula is C12H12BrFN4O2. The Hall–Kier alpha value is -1.96. The molecule has 0 aliphatic heterocycles. The second-order valence-electron chi connectivity index (χ2n) is 3.78. The molecule has 0 bridgehead atoms. The third kappa shape index (κ3) is 3.77. The molecule has 8 heteroatoms. The Morgan fingerprint density at radius 2 is 2.00 bits per heavy atom. The number of hydrogen-bond acceptors (Lipinski definition) is 6. The summed E-state index contributed by atoms with van der Waals surface area (Å²) in [6, 6.07) is 4.06. The van der Waals surface area contributed by atoms with Gasteiger partial charge in [-0.25, -0.2) is 4.39 Å². The Morgan fingerprint density at radius 3 is 2.70 bits per heavy atom. The summed E-state index contributed by atoms with van der Waals surface area (Å²) in [5.41, 5.74) is 5.55. The Balaban J connectivity index is 2.21. The van der Waals surface area contributed by atoms with Crippen molar-refractivity contribution >= 4 is 21.9 Å². The highest BCUT2D eigenvalue weighted by Crippen LogP contribution is 2.29. The van der Waals surface area contributed by atoms with E-state index in [0.29, 0.717) is 16.8 Å². The highest BCUT2D eigenvalue weighted by atomic mass is 79.9. The average molecular weight is 343 g/mol. The number of aromatic nitrogens is 3. The van der Waals surface area contributed by atoms with Crippen molar-refractivity contribution in [3.63, 3.8) is 0 Å². The fourth-order valence-corrected chi connectivity index (χ4v) is 1.74. The number of halogens is 2. The Morgan fingerprint density at radius 1 is 1.25 bits per heavy atom. The number of nitrogens with two attached hydrogens (primary N) is 1. The van der Waals surface area contributed by atoms with Crippen LogP contribution < -0.4 is 15.2 Å². The van der Waals surface area contributed by atoms with E-state index < -0.39 is 0 Å². The van der Waals surface area contributed by atoms with Crippen LogP contribution in [0.2, 0.25) is 0 Å². The van der Waals surface area contributed by atoms with Crippen molar-refractivity contribution in [2.45, 2.75) is 13.3 Å². The molecular weight excluding hydrogens is 331 g/mol. The smallest absolute Gasteiger partial charge is 0.330 e. The minimum atomic E-state index is -0.383. The van der Waals surface area contributed by atoms with Crippen LogP contribution in [-0.2, 0) is 0 Å². The molecule has 0 amide bonds. The monoisotopic (exact) mass is 342 g/mol. The molecule has 0 spiro atoms. The fraction of sp³-hybridized carbons (Fsp3) is 0.250. The zero-order valence-corrected chi connectivity index (χ0v) is 12.2. The summed E-state index contributed by atoms with van der Waals surface area (Å²) in [5.74, 6) is -0.0378. The number of hydrogen-bond donors (Lipinski definition) is 1. The molecule has 1 aromatic carbocycles. The molecule has 2 aromatic rings. The van der Waals surface area contributed by atoms with Gasteiger partial charge in [0.15, 0.2) is 0 Å². The van der Waals surface area contributed by atoms with Crippen LogP contribution in [0.4, 0.5) is 10.3 Å². The summed E-state index contributed by atoms with van der Waals surface area (Å²) in [5, 5.41) is 0. The van der Waals surface area contributed by atoms with Gasteiger partial charge in [0.05, 0.1) is 11.1 Å². The lowest BCUT2D eigenvalue weighted by Gasteiger charge is -2.08. The zero-order valence-electron chi connectivity index (χ0n) is 10.6. The Bertz CT molecular complexity index is 612. The van der Waals surface area contributed by atoms with Crippen LogP contribution in [0.25, 0.3) is 0 Å². The van der Waals surface area contributed by atoms with Crippen LogP contribution >= 0.6 is 15.9 Å². The van der Waals surface area contributed by atoms with E-state index in [9.17, 15) is 4.39 Å². The van der Waals surface area contributed by atoms with Gasteiger partial charge in [0.2, 0.25) is 5.95 Å². The van der Waals surface area contributed by atoms with E-state index in [0.717, 1.165) is 6.42 Å². The van der Waals surface area contributed by atoms with Gasteiger partial charge in [-0.15, -0.1) is 4.98 Å². The maximum atomic E-state index is 13.0.